The Labute approximate surface area is 167 Å². The molecular weight excluding hydrogens is 338 g/mol. The van der Waals surface area contributed by atoms with Gasteiger partial charge in [-0.15, -0.1) is 0 Å². The third kappa shape index (κ3) is 5.06. The van der Waals surface area contributed by atoms with E-state index in [9.17, 15) is 9.90 Å². The van der Waals surface area contributed by atoms with E-state index in [-0.39, 0.29) is 33.5 Å². The van der Waals surface area contributed by atoms with Crippen LogP contribution in [0.5, 0.6) is 0 Å². The predicted molar refractivity (Wildman–Crippen MR) is 112 cm³/mol. The minimum Gasteiger partial charge on any atom is -0.436 e. The van der Waals surface area contributed by atoms with E-state index in [0.29, 0.717) is 18.8 Å². The maximum absolute atomic E-state index is 12.5. The molecule has 0 aliphatic carbocycles. The molecule has 5 unspecified atom stereocenters. The fraction of sp³-hybridized carbons (Fsp3) is 0.957. The molecule has 4 heteroatoms. The topological polar surface area (TPSA) is 72.6 Å². The summed E-state index contributed by atoms with van der Waals surface area (Å²) in [5.74, 6) is -0.210. The van der Waals surface area contributed by atoms with Crippen LogP contribution in [0.25, 0.3) is 0 Å². The van der Waals surface area contributed by atoms with Gasteiger partial charge in [0.25, 0.3) is 0 Å². The van der Waals surface area contributed by atoms with E-state index in [4.69, 9.17) is 10.5 Å². The zero-order valence-electron chi connectivity index (χ0n) is 19.7. The van der Waals surface area contributed by atoms with Crippen molar-refractivity contribution in [2.75, 3.05) is 0 Å². The number of aliphatic hydroxyl groups is 1. The molecule has 0 spiro atoms. The van der Waals surface area contributed by atoms with Crippen molar-refractivity contribution in [1.82, 2.24) is 0 Å². The summed E-state index contributed by atoms with van der Waals surface area (Å²) < 4.78 is 5.10. The van der Waals surface area contributed by atoms with Gasteiger partial charge in [-0.05, 0) is 47.3 Å². The Morgan fingerprint density at radius 3 is 1.89 bits per heavy atom. The minimum absolute atomic E-state index is 0.117. The van der Waals surface area contributed by atoms with E-state index in [2.05, 4.69) is 76.2 Å². The van der Waals surface area contributed by atoms with E-state index in [1.807, 2.05) is 0 Å². The highest BCUT2D eigenvalue weighted by atomic mass is 16.6. The molecular formula is C23H45NO3. The van der Waals surface area contributed by atoms with Crippen LogP contribution in [0.1, 0.15) is 95.4 Å². The first kappa shape index (κ1) is 24.4. The molecule has 1 fully saturated rings. The Kier molecular flexibility index (Phi) is 6.63. The number of hydrogen-bond donors (Lipinski definition) is 2. The first-order chi connectivity index (χ1) is 11.7. The fourth-order valence-electron chi connectivity index (χ4n) is 4.72. The smallest absolute Gasteiger partial charge is 0.312 e. The van der Waals surface area contributed by atoms with Crippen molar-refractivity contribution in [2.24, 2.45) is 39.2 Å². The Balaban J connectivity index is 3.25. The molecule has 1 heterocycles. The summed E-state index contributed by atoms with van der Waals surface area (Å²) in [4.78, 5) is 12.5. The van der Waals surface area contributed by atoms with Gasteiger partial charge in [0.15, 0.2) is 0 Å². The number of carbonyl (C=O) groups is 1. The second-order valence-electron chi connectivity index (χ2n) is 12.3. The van der Waals surface area contributed by atoms with Gasteiger partial charge in [0.2, 0.25) is 6.29 Å². The molecule has 0 amide bonds. The van der Waals surface area contributed by atoms with Crippen molar-refractivity contribution < 1.29 is 14.6 Å². The summed E-state index contributed by atoms with van der Waals surface area (Å²) in [5, 5.41) is 9.90. The summed E-state index contributed by atoms with van der Waals surface area (Å²) in [6.45, 7) is 24.4. The molecule has 0 aromatic rings. The van der Waals surface area contributed by atoms with Crippen molar-refractivity contribution in [3.63, 3.8) is 0 Å². The van der Waals surface area contributed by atoms with Crippen molar-refractivity contribution in [2.45, 2.75) is 107 Å². The molecule has 0 radical (unpaired) electrons. The van der Waals surface area contributed by atoms with Crippen LogP contribution in [-0.2, 0) is 9.53 Å². The molecule has 1 aliphatic heterocycles. The number of carbonyl (C=O) groups excluding carboxylic acids is 1. The number of ether oxygens (including phenoxy) is 1. The molecule has 160 valence electrons. The zero-order valence-corrected chi connectivity index (χ0v) is 19.7. The van der Waals surface area contributed by atoms with E-state index < -0.39 is 11.8 Å². The molecule has 0 saturated carbocycles. The second-order valence-corrected chi connectivity index (χ2v) is 12.3. The average molecular weight is 384 g/mol. The molecule has 4 nitrogen and oxygen atoms in total. The minimum atomic E-state index is -0.999. The lowest BCUT2D eigenvalue weighted by Crippen LogP contribution is -2.59. The molecule has 0 bridgehead atoms. The van der Waals surface area contributed by atoms with Crippen LogP contribution in [0.4, 0.5) is 0 Å². The second kappa shape index (κ2) is 7.33. The number of nitrogens with two attached hydrogens (primary N) is 1. The SMILES string of the molecule is CC(CC(C)(C)C)C(C)(C)C(C)(N)CC(C)(C1CC(O)OC1=O)C(C)(C)C. The Morgan fingerprint density at radius 1 is 1.07 bits per heavy atom. The normalized spacial score (nSPS) is 27.7. The number of hydrogen-bond acceptors (Lipinski definition) is 4. The molecule has 1 rings (SSSR count). The van der Waals surface area contributed by atoms with Crippen LogP contribution in [0, 0.1) is 33.5 Å². The Morgan fingerprint density at radius 2 is 1.56 bits per heavy atom. The van der Waals surface area contributed by atoms with Gasteiger partial charge in [0.05, 0.1) is 5.92 Å². The summed E-state index contributed by atoms with van der Waals surface area (Å²) in [5.41, 5.74) is 6.12. The lowest BCUT2D eigenvalue weighted by molar-refractivity contribution is -0.159. The van der Waals surface area contributed by atoms with Crippen molar-refractivity contribution in [3.8, 4) is 0 Å². The lowest BCUT2D eigenvalue weighted by Gasteiger charge is -2.55. The summed E-state index contributed by atoms with van der Waals surface area (Å²) >= 11 is 0. The van der Waals surface area contributed by atoms with Gasteiger partial charge in [0, 0.05) is 12.0 Å². The van der Waals surface area contributed by atoms with Gasteiger partial charge >= 0.3 is 5.97 Å². The Bertz CT molecular complexity index is 539. The standard InChI is InChI=1S/C23H45NO3/c1-15(13-19(2,3)4)21(8,9)23(11,24)14-22(10,20(5,6)7)16-12-17(25)27-18(16)26/h15-17,25H,12-14,24H2,1-11H3. The molecule has 0 aromatic heterocycles. The van der Waals surface area contributed by atoms with Gasteiger partial charge in [-0.3, -0.25) is 4.79 Å². The summed E-state index contributed by atoms with van der Waals surface area (Å²) in [7, 11) is 0. The van der Waals surface area contributed by atoms with Gasteiger partial charge in [-0.25, -0.2) is 0 Å². The first-order valence-corrected chi connectivity index (χ1v) is 10.4. The van der Waals surface area contributed by atoms with Gasteiger partial charge < -0.3 is 15.6 Å². The predicted octanol–water partition coefficient (Wildman–Crippen LogP) is 5.13. The van der Waals surface area contributed by atoms with Gasteiger partial charge in [-0.2, -0.15) is 0 Å². The van der Waals surface area contributed by atoms with E-state index in [1.165, 1.54) is 0 Å². The molecule has 3 N–H and O–H groups in total. The highest BCUT2D eigenvalue weighted by Gasteiger charge is 2.56. The van der Waals surface area contributed by atoms with Crippen molar-refractivity contribution in [1.29, 1.82) is 0 Å². The highest BCUT2D eigenvalue weighted by molar-refractivity contribution is 5.75. The number of rotatable bonds is 6. The van der Waals surface area contributed by atoms with Crippen LogP contribution < -0.4 is 5.73 Å². The number of cyclic esters (lactones) is 1. The monoisotopic (exact) mass is 383 g/mol. The maximum Gasteiger partial charge on any atom is 0.312 e. The van der Waals surface area contributed by atoms with Crippen molar-refractivity contribution >= 4 is 5.97 Å². The van der Waals surface area contributed by atoms with Crippen LogP contribution in [0.15, 0.2) is 0 Å². The van der Waals surface area contributed by atoms with E-state index in [0.717, 1.165) is 6.42 Å². The van der Waals surface area contributed by atoms with E-state index >= 15 is 0 Å². The largest absolute Gasteiger partial charge is 0.436 e. The molecule has 1 aliphatic rings. The number of esters is 1. The Hall–Kier alpha value is -0.610. The molecule has 27 heavy (non-hydrogen) atoms. The zero-order chi connectivity index (χ0) is 21.6. The lowest BCUT2D eigenvalue weighted by atomic mass is 9.51. The van der Waals surface area contributed by atoms with Crippen molar-refractivity contribution in [3.05, 3.63) is 0 Å². The highest BCUT2D eigenvalue weighted by Crippen LogP contribution is 2.56. The third-order valence-electron chi connectivity index (χ3n) is 7.81. The van der Waals surface area contributed by atoms with Crippen LogP contribution in [-0.4, -0.2) is 22.9 Å². The molecule has 5 atom stereocenters. The van der Waals surface area contributed by atoms with Crippen LogP contribution in [0.2, 0.25) is 0 Å². The number of aliphatic hydroxyl groups excluding tert-OH is 1. The maximum atomic E-state index is 12.5. The van der Waals surface area contributed by atoms with E-state index in [1.54, 1.807) is 0 Å². The van der Waals surface area contributed by atoms with Crippen LogP contribution in [0.3, 0.4) is 0 Å². The van der Waals surface area contributed by atoms with Gasteiger partial charge in [-0.1, -0.05) is 69.2 Å². The average Bonchev–Trinajstić information content (AvgIpc) is 2.74. The summed E-state index contributed by atoms with van der Waals surface area (Å²) in [6, 6.07) is 0. The third-order valence-corrected chi connectivity index (χ3v) is 7.81. The molecule has 1 saturated heterocycles. The molecule has 0 aromatic carbocycles. The van der Waals surface area contributed by atoms with Crippen LogP contribution >= 0.6 is 0 Å². The first-order valence-electron chi connectivity index (χ1n) is 10.4. The summed E-state index contributed by atoms with van der Waals surface area (Å²) in [6.07, 6.45) is 1.13. The quantitative estimate of drug-likeness (QED) is 0.624. The van der Waals surface area contributed by atoms with Gasteiger partial charge in [0.1, 0.15) is 0 Å². The fourth-order valence-corrected chi connectivity index (χ4v) is 4.72.